The molecule has 0 fully saturated rings. The molecule has 0 heterocycles. The average molecular weight is 157 g/mol. The first-order valence-electron chi connectivity index (χ1n) is 4.36. The molecule has 0 saturated heterocycles. The Labute approximate surface area is 72.0 Å². The van der Waals surface area contributed by atoms with Crippen molar-refractivity contribution < 1.29 is 0 Å². The molecule has 68 valence electrons. The molecule has 0 aliphatic rings. The minimum absolute atomic E-state index is 0.609. The van der Waals surface area contributed by atoms with Crippen LogP contribution >= 0.6 is 0 Å². The Morgan fingerprint density at radius 2 is 1.55 bits per heavy atom. The lowest BCUT2D eigenvalue weighted by molar-refractivity contribution is 1.09. The maximum absolute atomic E-state index is 6.81. The van der Waals surface area contributed by atoms with Crippen molar-refractivity contribution >= 4 is 5.71 Å². The molecule has 0 bridgehead atoms. The van der Waals surface area contributed by atoms with E-state index in [9.17, 15) is 0 Å². The summed E-state index contributed by atoms with van der Waals surface area (Å²) >= 11 is 0. The molecule has 1 nitrogen and oxygen atoms in total. The largest absolute Gasteiger partial charge is 0.306 e. The van der Waals surface area contributed by atoms with Crippen molar-refractivity contribution in [3.8, 4) is 0 Å². The van der Waals surface area contributed by atoms with Gasteiger partial charge in [0, 0.05) is 5.71 Å². The van der Waals surface area contributed by atoms with E-state index in [0.29, 0.717) is 5.71 Å². The highest BCUT2D eigenvalue weighted by atomic mass is 14.4. The van der Waals surface area contributed by atoms with Gasteiger partial charge in [-0.1, -0.05) is 40.2 Å². The van der Waals surface area contributed by atoms with E-state index in [1.165, 1.54) is 6.42 Å². The van der Waals surface area contributed by atoms with E-state index in [-0.39, 0.29) is 0 Å². The summed E-state index contributed by atoms with van der Waals surface area (Å²) in [5.74, 6) is 0. The smallest absolute Gasteiger partial charge is 0.0279 e. The van der Waals surface area contributed by atoms with Crippen LogP contribution in [0.5, 0.6) is 0 Å². The fraction of sp³-hybridized carbons (Fsp3) is 0.700. The molecule has 0 spiro atoms. The fourth-order valence-electron chi connectivity index (χ4n) is 0.250. The van der Waals surface area contributed by atoms with E-state index in [4.69, 9.17) is 5.41 Å². The van der Waals surface area contributed by atoms with E-state index in [1.54, 1.807) is 13.0 Å². The normalized spacial score (nSPS) is 7.45. The van der Waals surface area contributed by atoms with Crippen LogP contribution in [0.3, 0.4) is 0 Å². The maximum atomic E-state index is 6.81. The maximum Gasteiger partial charge on any atom is 0.0279 e. The van der Waals surface area contributed by atoms with E-state index in [0.717, 1.165) is 0 Å². The molecule has 0 aliphatic heterocycles. The monoisotopic (exact) mass is 157 g/mol. The Bertz CT molecular complexity index is 82.9. The van der Waals surface area contributed by atoms with Gasteiger partial charge in [-0.05, 0) is 19.9 Å². The molecule has 0 aromatic carbocycles. The van der Waals surface area contributed by atoms with Crippen LogP contribution in [0.2, 0.25) is 0 Å². The predicted octanol–water partition coefficient (Wildman–Crippen LogP) is 4.04. The molecule has 0 aromatic heterocycles. The van der Waals surface area contributed by atoms with E-state index in [1.807, 2.05) is 26.8 Å². The first kappa shape index (κ1) is 16.8. The molecule has 0 saturated carbocycles. The Hall–Kier alpha value is -0.590. The Morgan fingerprint density at radius 1 is 1.27 bits per heavy atom. The second kappa shape index (κ2) is 22.7. The molecule has 0 amide bonds. The zero-order valence-corrected chi connectivity index (χ0v) is 8.86. The van der Waals surface area contributed by atoms with Crippen molar-refractivity contribution in [1.29, 1.82) is 5.41 Å². The molecule has 0 radical (unpaired) electrons. The first-order chi connectivity index (χ1) is 5.18. The van der Waals surface area contributed by atoms with Gasteiger partial charge in [0.1, 0.15) is 0 Å². The van der Waals surface area contributed by atoms with Crippen LogP contribution in [0.25, 0.3) is 0 Å². The number of hydrogen-bond donors (Lipinski definition) is 1. The van der Waals surface area contributed by atoms with Gasteiger partial charge in [-0.3, -0.25) is 0 Å². The van der Waals surface area contributed by atoms with Crippen molar-refractivity contribution in [3.63, 3.8) is 0 Å². The van der Waals surface area contributed by atoms with Gasteiger partial charge in [0.2, 0.25) is 0 Å². The number of allylic oxidation sites excluding steroid dienone is 2. The summed E-state index contributed by atoms with van der Waals surface area (Å²) in [6.07, 6.45) is 4.85. The molecule has 0 aliphatic carbocycles. The van der Waals surface area contributed by atoms with E-state index < -0.39 is 0 Å². The molecule has 0 unspecified atom stereocenters. The summed E-state index contributed by atoms with van der Waals surface area (Å²) in [5, 5.41) is 6.81. The lowest BCUT2D eigenvalue weighted by Crippen LogP contribution is -1.74. The highest BCUT2D eigenvalue weighted by Gasteiger charge is 1.66. The molecular formula is C10H23N. The highest BCUT2D eigenvalue weighted by molar-refractivity contribution is 5.89. The van der Waals surface area contributed by atoms with Crippen molar-refractivity contribution in [2.75, 3.05) is 0 Å². The minimum Gasteiger partial charge on any atom is -0.306 e. The second-order valence-corrected chi connectivity index (χ2v) is 1.89. The second-order valence-electron chi connectivity index (χ2n) is 1.89. The summed E-state index contributed by atoms with van der Waals surface area (Å²) in [6.45, 7) is 11.9. The van der Waals surface area contributed by atoms with Crippen LogP contribution in [0.1, 0.15) is 48.0 Å². The van der Waals surface area contributed by atoms with Crippen LogP contribution in [0.15, 0.2) is 12.2 Å². The van der Waals surface area contributed by atoms with Crippen molar-refractivity contribution in [2.24, 2.45) is 0 Å². The SMILES string of the molecule is C/C=C\C(C)=N.CC.CCC. The van der Waals surface area contributed by atoms with Gasteiger partial charge in [0.25, 0.3) is 0 Å². The van der Waals surface area contributed by atoms with Crippen LogP contribution < -0.4 is 0 Å². The summed E-state index contributed by atoms with van der Waals surface area (Å²) in [5.41, 5.74) is 0.609. The third-order valence-electron chi connectivity index (χ3n) is 0.417. The summed E-state index contributed by atoms with van der Waals surface area (Å²) < 4.78 is 0. The summed E-state index contributed by atoms with van der Waals surface area (Å²) in [7, 11) is 0. The van der Waals surface area contributed by atoms with Crippen molar-refractivity contribution in [2.45, 2.75) is 48.0 Å². The predicted molar refractivity (Wildman–Crippen MR) is 55.5 cm³/mol. The van der Waals surface area contributed by atoms with Gasteiger partial charge in [0.05, 0.1) is 0 Å². The van der Waals surface area contributed by atoms with Gasteiger partial charge in [-0.2, -0.15) is 0 Å². The average Bonchev–Trinajstić information content (AvgIpc) is 1.93. The van der Waals surface area contributed by atoms with Gasteiger partial charge in [-0.15, -0.1) is 0 Å². The third-order valence-corrected chi connectivity index (χ3v) is 0.417. The molecular weight excluding hydrogens is 134 g/mol. The standard InChI is InChI=1S/C5H9N.C3H8.C2H6/c1-3-4-5(2)6;1-3-2;1-2/h3-4,6H,1-2H3;3H2,1-2H3;1-2H3/b4-3-,6-5?;;. The first-order valence-corrected chi connectivity index (χ1v) is 4.36. The summed E-state index contributed by atoms with van der Waals surface area (Å²) in [6, 6.07) is 0. The van der Waals surface area contributed by atoms with Gasteiger partial charge >= 0.3 is 0 Å². The Kier molecular flexibility index (Phi) is 34.7. The zero-order chi connectivity index (χ0) is 9.70. The summed E-state index contributed by atoms with van der Waals surface area (Å²) in [4.78, 5) is 0. The molecule has 1 heteroatoms. The number of hydrogen-bond acceptors (Lipinski definition) is 1. The molecule has 1 N–H and O–H groups in total. The van der Waals surface area contributed by atoms with Crippen LogP contribution in [-0.2, 0) is 0 Å². The highest BCUT2D eigenvalue weighted by Crippen LogP contribution is 1.70. The third kappa shape index (κ3) is 89.0. The quantitative estimate of drug-likeness (QED) is 0.555. The minimum atomic E-state index is 0.609. The lowest BCUT2D eigenvalue weighted by Gasteiger charge is -1.73. The fourth-order valence-corrected chi connectivity index (χ4v) is 0.250. The van der Waals surface area contributed by atoms with E-state index >= 15 is 0 Å². The Balaban J connectivity index is -0.000000109. The molecule has 0 atom stereocenters. The van der Waals surface area contributed by atoms with Crippen molar-refractivity contribution in [1.82, 2.24) is 0 Å². The number of nitrogens with one attached hydrogen (secondary N) is 1. The number of rotatable bonds is 1. The zero-order valence-electron chi connectivity index (χ0n) is 8.86. The molecule has 0 rings (SSSR count). The van der Waals surface area contributed by atoms with Crippen LogP contribution in [0.4, 0.5) is 0 Å². The van der Waals surface area contributed by atoms with Crippen molar-refractivity contribution in [3.05, 3.63) is 12.2 Å². The molecule has 0 aromatic rings. The van der Waals surface area contributed by atoms with Crippen LogP contribution in [0, 0.1) is 5.41 Å². The van der Waals surface area contributed by atoms with Gasteiger partial charge in [0.15, 0.2) is 0 Å². The Morgan fingerprint density at radius 3 is 1.55 bits per heavy atom. The topological polar surface area (TPSA) is 23.9 Å². The van der Waals surface area contributed by atoms with Gasteiger partial charge < -0.3 is 5.41 Å². The van der Waals surface area contributed by atoms with Gasteiger partial charge in [-0.25, -0.2) is 0 Å². The van der Waals surface area contributed by atoms with E-state index in [2.05, 4.69) is 13.8 Å². The van der Waals surface area contributed by atoms with Crippen LogP contribution in [-0.4, -0.2) is 5.71 Å². The molecule has 11 heavy (non-hydrogen) atoms. The lowest BCUT2D eigenvalue weighted by atomic mass is 10.4.